The maximum Gasteiger partial charge on any atom is 0.256 e. The molecule has 0 aromatic heterocycles. The number of sulfonamides is 1. The van der Waals surface area contributed by atoms with E-state index in [2.05, 4.69) is 22.9 Å². The SMILES string of the molecule is CC1CCN(C(=O)c2cc(Br)cc(S(N)(=O)=O)c2F)CC1. The number of carbonyl (C=O) groups is 1. The first-order valence-electron chi connectivity index (χ1n) is 6.51. The fourth-order valence-corrected chi connectivity index (χ4v) is 3.57. The van der Waals surface area contributed by atoms with Gasteiger partial charge in [0.25, 0.3) is 5.91 Å². The standard InChI is InChI=1S/C13H16BrFN2O3S/c1-8-2-4-17(5-3-8)13(18)10-6-9(14)7-11(12(10)15)21(16,19)20/h6-8H,2-5H2,1H3,(H2,16,19,20). The van der Waals surface area contributed by atoms with E-state index in [1.807, 2.05) is 0 Å². The van der Waals surface area contributed by atoms with Gasteiger partial charge in [0, 0.05) is 17.6 Å². The fourth-order valence-electron chi connectivity index (χ4n) is 2.31. The van der Waals surface area contributed by atoms with E-state index in [0.29, 0.717) is 23.5 Å². The van der Waals surface area contributed by atoms with Gasteiger partial charge in [0.2, 0.25) is 10.0 Å². The summed E-state index contributed by atoms with van der Waals surface area (Å²) in [6.07, 6.45) is 1.70. The summed E-state index contributed by atoms with van der Waals surface area (Å²) in [5, 5.41) is 4.98. The molecule has 0 radical (unpaired) electrons. The number of halogens is 2. The van der Waals surface area contributed by atoms with Gasteiger partial charge < -0.3 is 4.90 Å². The smallest absolute Gasteiger partial charge is 0.256 e. The Morgan fingerprint density at radius 1 is 1.38 bits per heavy atom. The quantitative estimate of drug-likeness (QED) is 0.855. The number of likely N-dealkylation sites (tertiary alicyclic amines) is 1. The van der Waals surface area contributed by atoms with Gasteiger partial charge in [-0.25, -0.2) is 17.9 Å². The Morgan fingerprint density at radius 3 is 2.48 bits per heavy atom. The average molecular weight is 379 g/mol. The predicted octanol–water partition coefficient (Wildman–Crippen LogP) is 2.11. The third kappa shape index (κ3) is 3.61. The molecule has 2 N–H and O–H groups in total. The first-order valence-corrected chi connectivity index (χ1v) is 8.85. The topological polar surface area (TPSA) is 80.5 Å². The molecule has 1 aromatic rings. The molecular weight excluding hydrogens is 363 g/mol. The lowest BCUT2D eigenvalue weighted by Crippen LogP contribution is -2.38. The fraction of sp³-hybridized carbons (Fsp3) is 0.462. The number of primary sulfonamides is 1. The van der Waals surface area contributed by atoms with E-state index < -0.39 is 26.6 Å². The summed E-state index contributed by atoms with van der Waals surface area (Å²) in [5.41, 5.74) is -0.275. The van der Waals surface area contributed by atoms with Crippen LogP contribution in [-0.2, 0) is 10.0 Å². The van der Waals surface area contributed by atoms with Gasteiger partial charge >= 0.3 is 0 Å². The number of amides is 1. The molecule has 0 atom stereocenters. The van der Waals surface area contributed by atoms with Gasteiger partial charge in [0.05, 0.1) is 5.56 Å². The highest BCUT2D eigenvalue weighted by molar-refractivity contribution is 9.10. The minimum atomic E-state index is -4.23. The van der Waals surface area contributed by atoms with Crippen LogP contribution < -0.4 is 5.14 Å². The molecule has 21 heavy (non-hydrogen) atoms. The molecule has 2 rings (SSSR count). The zero-order valence-corrected chi connectivity index (χ0v) is 13.9. The summed E-state index contributed by atoms with van der Waals surface area (Å²) in [5.74, 6) is -1.07. The van der Waals surface area contributed by atoms with Gasteiger partial charge in [-0.3, -0.25) is 4.79 Å². The zero-order valence-electron chi connectivity index (χ0n) is 11.5. The molecule has 0 bridgehead atoms. The Hall–Kier alpha value is -0.990. The van der Waals surface area contributed by atoms with E-state index in [-0.39, 0.29) is 5.56 Å². The van der Waals surface area contributed by atoms with Crippen LogP contribution >= 0.6 is 15.9 Å². The minimum absolute atomic E-state index is 0.275. The molecule has 5 nitrogen and oxygen atoms in total. The van der Waals surface area contributed by atoms with E-state index in [4.69, 9.17) is 5.14 Å². The maximum absolute atomic E-state index is 14.3. The van der Waals surface area contributed by atoms with E-state index in [0.717, 1.165) is 18.9 Å². The zero-order chi connectivity index (χ0) is 15.8. The van der Waals surface area contributed by atoms with Gasteiger partial charge in [-0.15, -0.1) is 0 Å². The van der Waals surface area contributed by atoms with Crippen molar-refractivity contribution in [2.75, 3.05) is 13.1 Å². The first-order chi connectivity index (χ1) is 9.70. The van der Waals surface area contributed by atoms with Crippen molar-refractivity contribution >= 4 is 31.9 Å². The second kappa shape index (κ2) is 6.02. The van der Waals surface area contributed by atoms with Gasteiger partial charge in [-0.1, -0.05) is 22.9 Å². The van der Waals surface area contributed by atoms with Crippen molar-refractivity contribution in [2.24, 2.45) is 11.1 Å². The molecule has 1 amide bonds. The molecular formula is C13H16BrFN2O3S. The van der Waals surface area contributed by atoms with Crippen molar-refractivity contribution in [3.63, 3.8) is 0 Å². The lowest BCUT2D eigenvalue weighted by atomic mass is 9.98. The van der Waals surface area contributed by atoms with Gasteiger partial charge in [0.15, 0.2) is 5.82 Å². The maximum atomic E-state index is 14.3. The summed E-state index contributed by atoms with van der Waals surface area (Å²) in [7, 11) is -4.23. The second-order valence-electron chi connectivity index (χ2n) is 5.29. The molecule has 1 heterocycles. The summed E-state index contributed by atoms with van der Waals surface area (Å²) in [6.45, 7) is 3.17. The van der Waals surface area contributed by atoms with E-state index in [9.17, 15) is 17.6 Å². The van der Waals surface area contributed by atoms with Crippen LogP contribution in [0.15, 0.2) is 21.5 Å². The van der Waals surface area contributed by atoms with Crippen molar-refractivity contribution in [1.29, 1.82) is 0 Å². The number of hydrogen-bond acceptors (Lipinski definition) is 3. The Bertz CT molecular complexity index is 670. The molecule has 1 fully saturated rings. The van der Waals surface area contributed by atoms with Crippen LogP contribution in [0.4, 0.5) is 4.39 Å². The number of nitrogens with two attached hydrogens (primary N) is 1. The van der Waals surface area contributed by atoms with Crippen LogP contribution in [0, 0.1) is 11.7 Å². The predicted molar refractivity (Wildman–Crippen MR) is 79.8 cm³/mol. The lowest BCUT2D eigenvalue weighted by molar-refractivity contribution is 0.0692. The van der Waals surface area contributed by atoms with Gasteiger partial charge in [0.1, 0.15) is 4.90 Å². The van der Waals surface area contributed by atoms with Crippen molar-refractivity contribution < 1.29 is 17.6 Å². The molecule has 1 saturated heterocycles. The normalized spacial score (nSPS) is 17.0. The van der Waals surface area contributed by atoms with Crippen molar-refractivity contribution in [2.45, 2.75) is 24.7 Å². The molecule has 0 saturated carbocycles. The van der Waals surface area contributed by atoms with E-state index >= 15 is 0 Å². The summed E-state index contributed by atoms with van der Waals surface area (Å²) in [6, 6.07) is 2.34. The Morgan fingerprint density at radius 2 is 1.95 bits per heavy atom. The molecule has 116 valence electrons. The first kappa shape index (κ1) is 16.4. The second-order valence-corrected chi connectivity index (χ2v) is 7.73. The van der Waals surface area contributed by atoms with Crippen LogP contribution in [0.3, 0.4) is 0 Å². The molecule has 8 heteroatoms. The van der Waals surface area contributed by atoms with Crippen LogP contribution in [0.1, 0.15) is 30.1 Å². The minimum Gasteiger partial charge on any atom is -0.339 e. The third-order valence-corrected chi connectivity index (χ3v) is 4.98. The Labute approximate surface area is 131 Å². The summed E-state index contributed by atoms with van der Waals surface area (Å²) in [4.78, 5) is 13.3. The summed E-state index contributed by atoms with van der Waals surface area (Å²) < 4.78 is 37.4. The number of carbonyl (C=O) groups excluding carboxylic acids is 1. The number of hydrogen-bond donors (Lipinski definition) is 1. The highest BCUT2D eigenvalue weighted by atomic mass is 79.9. The molecule has 0 aliphatic carbocycles. The van der Waals surface area contributed by atoms with Crippen LogP contribution in [0.25, 0.3) is 0 Å². The number of piperidine rings is 1. The van der Waals surface area contributed by atoms with Crippen molar-refractivity contribution in [1.82, 2.24) is 4.90 Å². The lowest BCUT2D eigenvalue weighted by Gasteiger charge is -2.30. The Kier molecular flexibility index (Phi) is 4.69. The van der Waals surface area contributed by atoms with Crippen LogP contribution in [0.2, 0.25) is 0 Å². The highest BCUT2D eigenvalue weighted by Gasteiger charge is 2.27. The highest BCUT2D eigenvalue weighted by Crippen LogP contribution is 2.26. The molecule has 1 aromatic carbocycles. The van der Waals surface area contributed by atoms with E-state index in [1.165, 1.54) is 11.0 Å². The number of nitrogens with zero attached hydrogens (tertiary/aromatic N) is 1. The monoisotopic (exact) mass is 378 g/mol. The Balaban J connectivity index is 2.40. The van der Waals surface area contributed by atoms with Crippen LogP contribution in [0.5, 0.6) is 0 Å². The summed E-state index contributed by atoms with van der Waals surface area (Å²) >= 11 is 3.08. The number of rotatable bonds is 2. The number of benzene rings is 1. The molecule has 1 aliphatic rings. The molecule has 0 spiro atoms. The van der Waals surface area contributed by atoms with Crippen molar-refractivity contribution in [3.8, 4) is 0 Å². The molecule has 0 unspecified atom stereocenters. The van der Waals surface area contributed by atoms with Gasteiger partial charge in [-0.05, 0) is 30.9 Å². The van der Waals surface area contributed by atoms with Crippen molar-refractivity contribution in [3.05, 3.63) is 28.0 Å². The van der Waals surface area contributed by atoms with E-state index in [1.54, 1.807) is 0 Å². The molecule has 1 aliphatic heterocycles. The van der Waals surface area contributed by atoms with Gasteiger partial charge in [-0.2, -0.15) is 0 Å². The van der Waals surface area contributed by atoms with Crippen LogP contribution in [-0.4, -0.2) is 32.3 Å². The third-order valence-electron chi connectivity index (χ3n) is 3.61. The largest absolute Gasteiger partial charge is 0.339 e. The average Bonchev–Trinajstić information content (AvgIpc) is 2.40.